The first kappa shape index (κ1) is 19.0. The number of guanidine groups is 1. The van der Waals surface area contributed by atoms with Crippen LogP contribution in [0.2, 0.25) is 0 Å². The highest BCUT2D eigenvalue weighted by Crippen LogP contribution is 2.06. The second-order valence-corrected chi connectivity index (χ2v) is 5.89. The fourth-order valence-corrected chi connectivity index (χ4v) is 2.40. The number of aliphatic imine (C=N–C) groups is 1. The van der Waals surface area contributed by atoms with Gasteiger partial charge in [-0.3, -0.25) is 9.79 Å². The van der Waals surface area contributed by atoms with Gasteiger partial charge in [-0.25, -0.2) is 0 Å². The van der Waals surface area contributed by atoms with E-state index in [2.05, 4.69) is 29.5 Å². The zero-order valence-electron chi connectivity index (χ0n) is 14.6. The third-order valence-electron chi connectivity index (χ3n) is 3.77. The van der Waals surface area contributed by atoms with Crippen LogP contribution in [0, 0.1) is 0 Å². The van der Waals surface area contributed by atoms with E-state index in [1.54, 1.807) is 19.2 Å². The standard InChI is InChI=1S/C18H30N4O/c1-4-5-6-7-9-14(2)22-18(20-3)21-13-15-10-8-11-16(12-15)17(19)23/h8,10-12,14H,4-7,9,13H2,1-3H3,(H2,19,23)(H2,20,21,22). The summed E-state index contributed by atoms with van der Waals surface area (Å²) in [5.41, 5.74) is 6.83. The van der Waals surface area contributed by atoms with Gasteiger partial charge in [0.2, 0.25) is 5.91 Å². The maximum absolute atomic E-state index is 11.2. The van der Waals surface area contributed by atoms with Crippen molar-refractivity contribution < 1.29 is 4.79 Å². The van der Waals surface area contributed by atoms with Gasteiger partial charge in [-0.1, -0.05) is 44.7 Å². The van der Waals surface area contributed by atoms with Gasteiger partial charge in [0.15, 0.2) is 5.96 Å². The lowest BCUT2D eigenvalue weighted by molar-refractivity contribution is 0.1000. The molecule has 0 saturated carbocycles. The fraction of sp³-hybridized carbons (Fsp3) is 0.556. The topological polar surface area (TPSA) is 79.5 Å². The minimum Gasteiger partial charge on any atom is -0.366 e. The zero-order valence-corrected chi connectivity index (χ0v) is 14.6. The summed E-state index contributed by atoms with van der Waals surface area (Å²) in [5.74, 6) is 0.368. The average Bonchev–Trinajstić information content (AvgIpc) is 2.55. The highest BCUT2D eigenvalue weighted by molar-refractivity contribution is 5.92. The molecule has 1 amide bonds. The maximum Gasteiger partial charge on any atom is 0.248 e. The van der Waals surface area contributed by atoms with Crippen molar-refractivity contribution in [3.8, 4) is 0 Å². The van der Waals surface area contributed by atoms with Crippen molar-refractivity contribution in [2.45, 2.75) is 58.5 Å². The molecule has 1 rings (SSSR count). The van der Waals surface area contributed by atoms with Gasteiger partial charge in [-0.05, 0) is 31.0 Å². The fourth-order valence-electron chi connectivity index (χ4n) is 2.40. The minimum atomic E-state index is -0.407. The molecule has 1 aromatic rings. The smallest absolute Gasteiger partial charge is 0.248 e. The number of amides is 1. The predicted molar refractivity (Wildman–Crippen MR) is 96.5 cm³/mol. The van der Waals surface area contributed by atoms with Crippen molar-refractivity contribution in [3.05, 3.63) is 35.4 Å². The van der Waals surface area contributed by atoms with Crippen molar-refractivity contribution in [3.63, 3.8) is 0 Å². The van der Waals surface area contributed by atoms with Crippen LogP contribution in [0.25, 0.3) is 0 Å². The van der Waals surface area contributed by atoms with E-state index in [4.69, 9.17) is 5.73 Å². The molecule has 0 aliphatic heterocycles. The first-order valence-corrected chi connectivity index (χ1v) is 8.42. The number of nitrogens with zero attached hydrogens (tertiary/aromatic N) is 1. The highest BCUT2D eigenvalue weighted by Gasteiger charge is 2.06. The second kappa shape index (κ2) is 10.6. The lowest BCUT2D eigenvalue weighted by Gasteiger charge is -2.18. The Morgan fingerprint density at radius 2 is 2.09 bits per heavy atom. The number of hydrogen-bond donors (Lipinski definition) is 3. The number of nitrogens with one attached hydrogen (secondary N) is 2. The normalized spacial score (nSPS) is 12.7. The predicted octanol–water partition coefficient (Wildman–Crippen LogP) is 2.81. The summed E-state index contributed by atoms with van der Waals surface area (Å²) in [4.78, 5) is 15.5. The Hall–Kier alpha value is -2.04. The van der Waals surface area contributed by atoms with Crippen molar-refractivity contribution >= 4 is 11.9 Å². The lowest BCUT2D eigenvalue weighted by Crippen LogP contribution is -2.41. The molecular weight excluding hydrogens is 288 g/mol. The molecule has 0 fully saturated rings. The molecule has 0 saturated heterocycles. The maximum atomic E-state index is 11.2. The second-order valence-electron chi connectivity index (χ2n) is 5.89. The molecule has 0 heterocycles. The van der Waals surface area contributed by atoms with E-state index in [-0.39, 0.29) is 0 Å². The van der Waals surface area contributed by atoms with Gasteiger partial charge in [0.05, 0.1) is 0 Å². The number of nitrogens with two attached hydrogens (primary N) is 1. The number of unbranched alkanes of at least 4 members (excludes halogenated alkanes) is 3. The van der Waals surface area contributed by atoms with E-state index in [0.29, 0.717) is 18.2 Å². The van der Waals surface area contributed by atoms with E-state index >= 15 is 0 Å². The molecular formula is C18H30N4O. The number of hydrogen-bond acceptors (Lipinski definition) is 2. The van der Waals surface area contributed by atoms with Crippen molar-refractivity contribution in [1.82, 2.24) is 10.6 Å². The molecule has 1 unspecified atom stereocenters. The Bertz CT molecular complexity index is 513. The Labute approximate surface area is 139 Å². The van der Waals surface area contributed by atoms with Gasteiger partial charge in [0.25, 0.3) is 0 Å². The van der Waals surface area contributed by atoms with Gasteiger partial charge in [0.1, 0.15) is 0 Å². The summed E-state index contributed by atoms with van der Waals surface area (Å²) in [6.45, 7) is 5.00. The third-order valence-corrected chi connectivity index (χ3v) is 3.77. The Kier molecular flexibility index (Phi) is 8.80. The largest absolute Gasteiger partial charge is 0.366 e. The molecule has 1 aromatic carbocycles. The van der Waals surface area contributed by atoms with Crippen LogP contribution in [0.15, 0.2) is 29.3 Å². The number of primary amides is 1. The average molecular weight is 318 g/mol. The minimum absolute atomic E-state index is 0.384. The summed E-state index contributed by atoms with van der Waals surface area (Å²) in [7, 11) is 1.76. The monoisotopic (exact) mass is 318 g/mol. The summed E-state index contributed by atoms with van der Waals surface area (Å²) < 4.78 is 0. The summed E-state index contributed by atoms with van der Waals surface area (Å²) in [5, 5.41) is 6.67. The van der Waals surface area contributed by atoms with Crippen molar-refractivity contribution in [2.24, 2.45) is 10.7 Å². The van der Waals surface area contributed by atoms with E-state index in [1.807, 2.05) is 12.1 Å². The molecule has 5 nitrogen and oxygen atoms in total. The first-order valence-electron chi connectivity index (χ1n) is 8.42. The van der Waals surface area contributed by atoms with Crippen LogP contribution in [0.1, 0.15) is 61.9 Å². The SMILES string of the molecule is CCCCCCC(C)NC(=NC)NCc1cccc(C(N)=O)c1. The van der Waals surface area contributed by atoms with Gasteiger partial charge < -0.3 is 16.4 Å². The van der Waals surface area contributed by atoms with E-state index < -0.39 is 5.91 Å². The van der Waals surface area contributed by atoms with Crippen LogP contribution in [0.5, 0.6) is 0 Å². The van der Waals surface area contributed by atoms with Crippen LogP contribution < -0.4 is 16.4 Å². The first-order chi connectivity index (χ1) is 11.1. The number of carbonyl (C=O) groups is 1. The van der Waals surface area contributed by atoms with Crippen LogP contribution in [-0.4, -0.2) is 25.0 Å². The molecule has 128 valence electrons. The molecule has 4 N–H and O–H groups in total. The molecule has 0 aromatic heterocycles. The zero-order chi connectivity index (χ0) is 17.1. The summed E-state index contributed by atoms with van der Waals surface area (Å²) in [6, 6.07) is 7.70. The Balaban J connectivity index is 2.42. The molecule has 0 bridgehead atoms. The summed E-state index contributed by atoms with van der Waals surface area (Å²) >= 11 is 0. The Morgan fingerprint density at radius 3 is 2.74 bits per heavy atom. The van der Waals surface area contributed by atoms with E-state index in [0.717, 1.165) is 17.9 Å². The molecule has 5 heteroatoms. The quantitative estimate of drug-likeness (QED) is 0.372. The molecule has 0 aliphatic rings. The van der Waals surface area contributed by atoms with Crippen molar-refractivity contribution in [2.75, 3.05) is 7.05 Å². The molecule has 0 radical (unpaired) electrons. The number of carbonyl (C=O) groups excluding carboxylic acids is 1. The van der Waals surface area contributed by atoms with Gasteiger partial charge >= 0.3 is 0 Å². The van der Waals surface area contributed by atoms with E-state index in [9.17, 15) is 4.79 Å². The third kappa shape index (κ3) is 7.68. The Morgan fingerprint density at radius 1 is 1.30 bits per heavy atom. The van der Waals surface area contributed by atoms with Gasteiger partial charge in [-0.2, -0.15) is 0 Å². The molecule has 0 aliphatic carbocycles. The number of rotatable bonds is 9. The van der Waals surface area contributed by atoms with E-state index in [1.165, 1.54) is 25.7 Å². The molecule has 23 heavy (non-hydrogen) atoms. The van der Waals surface area contributed by atoms with Crippen LogP contribution in [0.3, 0.4) is 0 Å². The molecule has 0 spiro atoms. The van der Waals surface area contributed by atoms with Gasteiger partial charge in [-0.15, -0.1) is 0 Å². The number of benzene rings is 1. The van der Waals surface area contributed by atoms with Crippen LogP contribution in [0.4, 0.5) is 0 Å². The lowest BCUT2D eigenvalue weighted by atomic mass is 10.1. The molecule has 1 atom stereocenters. The van der Waals surface area contributed by atoms with Crippen LogP contribution in [-0.2, 0) is 6.54 Å². The van der Waals surface area contributed by atoms with Crippen molar-refractivity contribution in [1.29, 1.82) is 0 Å². The van der Waals surface area contributed by atoms with Gasteiger partial charge in [0, 0.05) is 25.2 Å². The van der Waals surface area contributed by atoms with Crippen LogP contribution >= 0.6 is 0 Å². The highest BCUT2D eigenvalue weighted by atomic mass is 16.1. The summed E-state index contributed by atoms with van der Waals surface area (Å²) in [6.07, 6.45) is 6.22.